The van der Waals surface area contributed by atoms with E-state index in [4.69, 9.17) is 9.47 Å². The summed E-state index contributed by atoms with van der Waals surface area (Å²) in [7, 11) is 4.05. The molecular weight excluding hydrogens is 448 g/mol. The molecule has 1 amide bonds. The summed E-state index contributed by atoms with van der Waals surface area (Å²) in [5.41, 5.74) is 2.14. The summed E-state index contributed by atoms with van der Waals surface area (Å²) in [4.78, 5) is 25.1. The number of hydrogen-bond donors (Lipinski definition) is 2. The second kappa shape index (κ2) is 11.4. The average molecular weight is 479 g/mol. The Morgan fingerprint density at radius 1 is 1.26 bits per heavy atom. The van der Waals surface area contributed by atoms with E-state index in [-0.39, 0.29) is 5.91 Å². The lowest BCUT2D eigenvalue weighted by Crippen LogP contribution is -2.36. The van der Waals surface area contributed by atoms with Gasteiger partial charge in [0, 0.05) is 37.6 Å². The van der Waals surface area contributed by atoms with Crippen molar-refractivity contribution in [2.45, 2.75) is 6.54 Å². The number of anilines is 4. The summed E-state index contributed by atoms with van der Waals surface area (Å²) >= 11 is 0. The van der Waals surface area contributed by atoms with Crippen molar-refractivity contribution in [2.75, 3.05) is 62.5 Å². The van der Waals surface area contributed by atoms with Gasteiger partial charge in [-0.05, 0) is 32.3 Å². The maximum Gasteiger partial charge on any atom is 0.248 e. The molecule has 1 aliphatic rings. The monoisotopic (exact) mass is 478 g/mol. The number of nitrogens with zero attached hydrogens (tertiary/aromatic N) is 6. The van der Waals surface area contributed by atoms with Crippen LogP contribution in [0.4, 0.5) is 23.0 Å². The molecule has 11 nitrogen and oxygen atoms in total. The normalized spacial score (nSPS) is 13.5. The van der Waals surface area contributed by atoms with Crippen molar-refractivity contribution in [3.63, 3.8) is 0 Å². The first-order valence-corrected chi connectivity index (χ1v) is 11.4. The summed E-state index contributed by atoms with van der Waals surface area (Å²) in [6.07, 6.45) is 6.61. The minimum Gasteiger partial charge on any atom is -0.437 e. The highest BCUT2D eigenvalue weighted by molar-refractivity contribution is 5.98. The van der Waals surface area contributed by atoms with Gasteiger partial charge in [-0.2, -0.15) is 10.1 Å². The number of amides is 1. The Balaban J connectivity index is 1.56. The fourth-order valence-corrected chi connectivity index (χ4v) is 3.44. The molecule has 0 bridgehead atoms. The van der Waals surface area contributed by atoms with Crippen molar-refractivity contribution in [1.29, 1.82) is 0 Å². The van der Waals surface area contributed by atoms with Crippen molar-refractivity contribution in [3.8, 4) is 11.6 Å². The summed E-state index contributed by atoms with van der Waals surface area (Å²) < 4.78 is 13.5. The van der Waals surface area contributed by atoms with Crippen molar-refractivity contribution < 1.29 is 14.3 Å². The molecule has 2 aromatic heterocycles. The Bertz CT molecular complexity index is 1160. The Labute approximate surface area is 204 Å². The SMILES string of the molecule is C=CC(=O)Nc1cccc(Oc2nc(Nc3cnn(CCN(C)C)c3)ncc2N2CCOCC2)c1. The van der Waals surface area contributed by atoms with Gasteiger partial charge in [-0.25, -0.2) is 4.98 Å². The quantitative estimate of drug-likeness (QED) is 0.425. The van der Waals surface area contributed by atoms with E-state index in [1.807, 2.05) is 25.0 Å². The Hall–Kier alpha value is -3.96. The molecule has 1 fully saturated rings. The van der Waals surface area contributed by atoms with Crippen molar-refractivity contribution in [3.05, 3.63) is 55.5 Å². The molecule has 3 heterocycles. The topological polar surface area (TPSA) is 110 Å². The Morgan fingerprint density at radius 2 is 2.09 bits per heavy atom. The Kier molecular flexibility index (Phi) is 7.91. The van der Waals surface area contributed by atoms with Crippen LogP contribution in [0.5, 0.6) is 11.6 Å². The van der Waals surface area contributed by atoms with Crippen molar-refractivity contribution in [1.82, 2.24) is 24.6 Å². The number of likely N-dealkylation sites (N-methyl/N-ethyl adjacent to an activating group) is 1. The highest BCUT2D eigenvalue weighted by Crippen LogP contribution is 2.33. The number of ether oxygens (including phenoxy) is 2. The summed E-state index contributed by atoms with van der Waals surface area (Å²) in [5.74, 6) is 1.02. The smallest absolute Gasteiger partial charge is 0.248 e. The van der Waals surface area contributed by atoms with E-state index in [0.717, 1.165) is 24.5 Å². The molecule has 11 heteroatoms. The molecule has 3 aromatic rings. The number of nitrogens with one attached hydrogen (secondary N) is 2. The van der Waals surface area contributed by atoms with Crippen LogP contribution in [0.1, 0.15) is 0 Å². The van der Waals surface area contributed by atoms with E-state index < -0.39 is 0 Å². The standard InChI is InChI=1S/C24H30N8O3/c1-4-22(33)27-18-6-5-7-20(14-18)35-23-21(31-10-12-34-13-11-31)16-25-24(29-23)28-19-15-26-32(17-19)9-8-30(2)3/h4-7,14-17H,1,8-13H2,2-3H3,(H,27,33)(H,25,28,29). The first-order chi connectivity index (χ1) is 17.0. The third-order valence-electron chi connectivity index (χ3n) is 5.25. The van der Waals surface area contributed by atoms with Crippen LogP contribution in [0.25, 0.3) is 0 Å². The largest absolute Gasteiger partial charge is 0.437 e. The van der Waals surface area contributed by atoms with Gasteiger partial charge < -0.3 is 29.9 Å². The molecule has 0 radical (unpaired) electrons. The van der Waals surface area contributed by atoms with Crippen molar-refractivity contribution >= 4 is 28.9 Å². The molecule has 0 unspecified atom stereocenters. The van der Waals surface area contributed by atoms with Crippen LogP contribution in [0.15, 0.2) is 55.5 Å². The highest BCUT2D eigenvalue weighted by Gasteiger charge is 2.19. The van der Waals surface area contributed by atoms with Gasteiger partial charge in [0.1, 0.15) is 11.4 Å². The lowest BCUT2D eigenvalue weighted by molar-refractivity contribution is -0.111. The zero-order valence-electron chi connectivity index (χ0n) is 20.0. The maximum absolute atomic E-state index is 11.7. The second-order valence-electron chi connectivity index (χ2n) is 8.23. The fraction of sp³-hybridized carbons (Fsp3) is 0.333. The number of morpholine rings is 1. The van der Waals surface area contributed by atoms with Gasteiger partial charge in [-0.15, -0.1) is 0 Å². The number of carbonyl (C=O) groups is 1. The van der Waals surface area contributed by atoms with E-state index >= 15 is 0 Å². The van der Waals surface area contributed by atoms with E-state index in [1.54, 1.807) is 36.7 Å². The number of hydrogen-bond acceptors (Lipinski definition) is 9. The number of aromatic nitrogens is 4. The van der Waals surface area contributed by atoms with Gasteiger partial charge in [0.25, 0.3) is 0 Å². The fourth-order valence-electron chi connectivity index (χ4n) is 3.44. The molecule has 1 aliphatic heterocycles. The van der Waals surface area contributed by atoms with E-state index in [9.17, 15) is 4.79 Å². The first-order valence-electron chi connectivity index (χ1n) is 11.4. The minimum absolute atomic E-state index is 0.296. The van der Waals surface area contributed by atoms with Crippen LogP contribution in [-0.2, 0) is 16.1 Å². The van der Waals surface area contributed by atoms with Gasteiger partial charge in [0.05, 0.1) is 37.8 Å². The second-order valence-corrected chi connectivity index (χ2v) is 8.23. The van der Waals surface area contributed by atoms with Gasteiger partial charge in [-0.1, -0.05) is 12.6 Å². The van der Waals surface area contributed by atoms with E-state index in [1.165, 1.54) is 6.08 Å². The third kappa shape index (κ3) is 6.78. The molecule has 0 saturated carbocycles. The molecular formula is C24H30N8O3. The molecule has 0 atom stereocenters. The zero-order valence-corrected chi connectivity index (χ0v) is 20.0. The molecule has 4 rings (SSSR count). The molecule has 184 valence electrons. The van der Waals surface area contributed by atoms with Crippen LogP contribution >= 0.6 is 0 Å². The van der Waals surface area contributed by atoms with E-state index in [0.29, 0.717) is 49.6 Å². The average Bonchev–Trinajstić information content (AvgIpc) is 3.31. The summed E-state index contributed by atoms with van der Waals surface area (Å²) in [6, 6.07) is 7.11. The predicted octanol–water partition coefficient (Wildman–Crippen LogP) is 2.73. The van der Waals surface area contributed by atoms with Gasteiger partial charge >= 0.3 is 0 Å². The number of benzene rings is 1. The molecule has 1 aromatic carbocycles. The van der Waals surface area contributed by atoms with E-state index in [2.05, 4.69) is 42.1 Å². The minimum atomic E-state index is -0.296. The van der Waals surface area contributed by atoms with Crippen LogP contribution in [0, 0.1) is 0 Å². The van der Waals surface area contributed by atoms with Crippen LogP contribution in [0.3, 0.4) is 0 Å². The number of carbonyl (C=O) groups excluding carboxylic acids is 1. The highest BCUT2D eigenvalue weighted by atomic mass is 16.5. The third-order valence-corrected chi connectivity index (χ3v) is 5.25. The maximum atomic E-state index is 11.7. The van der Waals surface area contributed by atoms with Crippen LogP contribution in [0.2, 0.25) is 0 Å². The lowest BCUT2D eigenvalue weighted by Gasteiger charge is -2.29. The predicted molar refractivity (Wildman–Crippen MR) is 134 cm³/mol. The molecule has 35 heavy (non-hydrogen) atoms. The Morgan fingerprint density at radius 3 is 2.86 bits per heavy atom. The molecule has 1 saturated heterocycles. The van der Waals surface area contributed by atoms with Crippen LogP contribution < -0.4 is 20.3 Å². The van der Waals surface area contributed by atoms with Gasteiger partial charge in [0.2, 0.25) is 17.7 Å². The van der Waals surface area contributed by atoms with Crippen LogP contribution in [-0.4, -0.2) is 77.5 Å². The zero-order chi connectivity index (χ0) is 24.6. The molecule has 2 N–H and O–H groups in total. The van der Waals surface area contributed by atoms with Crippen molar-refractivity contribution in [2.24, 2.45) is 0 Å². The lowest BCUT2D eigenvalue weighted by atomic mass is 10.3. The first kappa shape index (κ1) is 24.2. The summed E-state index contributed by atoms with van der Waals surface area (Å²) in [6.45, 7) is 7.80. The number of rotatable bonds is 10. The molecule has 0 aliphatic carbocycles. The summed E-state index contributed by atoms with van der Waals surface area (Å²) in [5, 5.41) is 10.3. The van der Waals surface area contributed by atoms with Gasteiger partial charge in [-0.3, -0.25) is 9.48 Å². The van der Waals surface area contributed by atoms with Gasteiger partial charge in [0.15, 0.2) is 0 Å². The molecule has 0 spiro atoms.